The third-order valence-corrected chi connectivity index (χ3v) is 7.22. The second kappa shape index (κ2) is 5.00. The van der Waals surface area contributed by atoms with Crippen molar-refractivity contribution in [1.29, 1.82) is 0 Å². The maximum absolute atomic E-state index is 12.6. The van der Waals surface area contributed by atoms with Crippen molar-refractivity contribution >= 4 is 30.2 Å². The first-order valence-corrected chi connectivity index (χ1v) is 8.37. The summed E-state index contributed by atoms with van der Waals surface area (Å²) in [6.07, 6.45) is 0. The normalized spacial score (nSPS) is 24.2. The summed E-state index contributed by atoms with van der Waals surface area (Å²) in [7, 11) is -3.02. The van der Waals surface area contributed by atoms with Gasteiger partial charge < -0.3 is 9.05 Å². The van der Waals surface area contributed by atoms with Crippen LogP contribution in [0, 0.1) is 5.41 Å². The fourth-order valence-corrected chi connectivity index (χ4v) is 4.85. The van der Waals surface area contributed by atoms with Crippen molar-refractivity contribution in [2.24, 2.45) is 5.41 Å². The van der Waals surface area contributed by atoms with E-state index in [9.17, 15) is 4.57 Å². The summed E-state index contributed by atoms with van der Waals surface area (Å²) in [6, 6.07) is 9.70. The van der Waals surface area contributed by atoms with Crippen LogP contribution in [0.4, 0.5) is 0 Å². The van der Waals surface area contributed by atoms with E-state index in [4.69, 9.17) is 9.05 Å². The van der Waals surface area contributed by atoms with Gasteiger partial charge in [0, 0.05) is 5.41 Å². The molecule has 0 aliphatic carbocycles. The number of hydrogen-bond donors (Lipinski definition) is 0. The molecular weight excluding hydrogens is 350 g/mol. The van der Waals surface area contributed by atoms with Gasteiger partial charge in [0.15, 0.2) is 0 Å². The van der Waals surface area contributed by atoms with Crippen LogP contribution in [-0.4, -0.2) is 13.2 Å². The summed E-state index contributed by atoms with van der Waals surface area (Å²) in [5, 5.41) is 0. The fraction of sp³-hybridized carbons (Fsp3) is 0.500. The first kappa shape index (κ1) is 13.5. The van der Waals surface area contributed by atoms with Crippen molar-refractivity contribution in [3.8, 4) is 0 Å². The predicted molar refractivity (Wildman–Crippen MR) is 76.5 cm³/mol. The van der Waals surface area contributed by atoms with E-state index in [2.05, 4.69) is 22.6 Å². The minimum atomic E-state index is -3.02. The topological polar surface area (TPSA) is 35.5 Å². The van der Waals surface area contributed by atoms with Gasteiger partial charge >= 0.3 is 7.60 Å². The van der Waals surface area contributed by atoms with E-state index in [-0.39, 0.29) is 9.08 Å². The smallest absolute Gasteiger partial charge is 0.307 e. The average Bonchev–Trinajstić information content (AvgIpc) is 2.34. The molecule has 1 atom stereocenters. The molecule has 1 fully saturated rings. The molecule has 0 radical (unpaired) electrons. The molecule has 0 aromatic heterocycles. The summed E-state index contributed by atoms with van der Waals surface area (Å²) in [5.74, 6) is 0. The van der Waals surface area contributed by atoms with Gasteiger partial charge in [-0.3, -0.25) is 4.57 Å². The van der Waals surface area contributed by atoms with Crippen LogP contribution in [0.3, 0.4) is 0 Å². The molecule has 1 saturated heterocycles. The zero-order valence-electron chi connectivity index (χ0n) is 9.93. The molecule has 1 aliphatic rings. The Morgan fingerprint density at radius 2 is 1.76 bits per heavy atom. The third kappa shape index (κ3) is 3.11. The molecule has 5 heteroatoms. The first-order valence-electron chi connectivity index (χ1n) is 5.51. The van der Waals surface area contributed by atoms with Gasteiger partial charge in [0.25, 0.3) is 0 Å². The molecule has 0 saturated carbocycles. The van der Waals surface area contributed by atoms with Crippen LogP contribution >= 0.6 is 30.2 Å². The second-order valence-corrected chi connectivity index (χ2v) is 9.34. The molecule has 2 rings (SSSR count). The number of alkyl halides is 1. The van der Waals surface area contributed by atoms with Crippen LogP contribution in [0.15, 0.2) is 30.3 Å². The highest BCUT2D eigenvalue weighted by atomic mass is 127. The lowest BCUT2D eigenvalue weighted by Crippen LogP contribution is -2.30. The molecule has 1 heterocycles. The predicted octanol–water partition coefficient (Wildman–Crippen LogP) is 4.39. The van der Waals surface area contributed by atoms with Gasteiger partial charge in [0.2, 0.25) is 0 Å². The lowest BCUT2D eigenvalue weighted by Gasteiger charge is -2.35. The Morgan fingerprint density at radius 1 is 1.24 bits per heavy atom. The van der Waals surface area contributed by atoms with Crippen LogP contribution in [0.1, 0.15) is 23.1 Å². The van der Waals surface area contributed by atoms with Crippen LogP contribution in [0.25, 0.3) is 0 Å². The third-order valence-electron chi connectivity index (χ3n) is 2.62. The molecule has 0 spiro atoms. The van der Waals surface area contributed by atoms with Gasteiger partial charge in [0.1, 0.15) is 3.67 Å². The maximum Gasteiger partial charge on any atom is 0.347 e. The van der Waals surface area contributed by atoms with Crippen molar-refractivity contribution in [2.75, 3.05) is 13.2 Å². The minimum Gasteiger partial charge on any atom is -0.307 e. The van der Waals surface area contributed by atoms with Gasteiger partial charge in [-0.05, 0) is 5.56 Å². The summed E-state index contributed by atoms with van der Waals surface area (Å²) >= 11 is 2.14. The van der Waals surface area contributed by atoms with Crippen molar-refractivity contribution in [1.82, 2.24) is 0 Å². The molecule has 3 nitrogen and oxygen atoms in total. The van der Waals surface area contributed by atoms with Crippen molar-refractivity contribution in [3.05, 3.63) is 35.9 Å². The van der Waals surface area contributed by atoms with Crippen LogP contribution in [-0.2, 0) is 13.6 Å². The zero-order valence-corrected chi connectivity index (χ0v) is 13.0. The highest BCUT2D eigenvalue weighted by Crippen LogP contribution is 2.66. The Hall–Kier alpha value is 0.1000. The Morgan fingerprint density at radius 3 is 2.29 bits per heavy atom. The lowest BCUT2D eigenvalue weighted by molar-refractivity contribution is 0.0410. The average molecular weight is 366 g/mol. The Labute approximate surface area is 116 Å². The molecule has 1 aliphatic heterocycles. The highest BCUT2D eigenvalue weighted by Gasteiger charge is 2.42. The molecule has 0 bridgehead atoms. The van der Waals surface area contributed by atoms with Crippen LogP contribution < -0.4 is 0 Å². The lowest BCUT2D eigenvalue weighted by atomic mass is 9.97. The highest BCUT2D eigenvalue weighted by molar-refractivity contribution is 14.1. The number of hydrogen-bond acceptors (Lipinski definition) is 3. The van der Waals surface area contributed by atoms with Gasteiger partial charge in [-0.25, -0.2) is 0 Å². The Kier molecular flexibility index (Phi) is 3.98. The number of benzene rings is 1. The summed E-state index contributed by atoms with van der Waals surface area (Å²) < 4.78 is 23.4. The fourth-order valence-electron chi connectivity index (χ4n) is 1.53. The largest absolute Gasteiger partial charge is 0.347 e. The summed E-state index contributed by atoms with van der Waals surface area (Å²) in [5.41, 5.74) is 0.928. The van der Waals surface area contributed by atoms with Gasteiger partial charge in [-0.2, -0.15) is 0 Å². The second-order valence-electron chi connectivity index (χ2n) is 5.00. The Bertz CT molecular complexity index is 419. The zero-order chi connectivity index (χ0) is 12.5. The van der Waals surface area contributed by atoms with Crippen molar-refractivity contribution < 1.29 is 13.6 Å². The molecule has 94 valence electrons. The minimum absolute atomic E-state index is 0.0546. The number of halogens is 1. The maximum atomic E-state index is 12.6. The molecule has 0 amide bonds. The summed E-state index contributed by atoms with van der Waals surface area (Å²) in [4.78, 5) is 0. The van der Waals surface area contributed by atoms with E-state index in [1.165, 1.54) is 0 Å². The van der Waals surface area contributed by atoms with E-state index < -0.39 is 7.60 Å². The molecule has 1 aromatic carbocycles. The van der Waals surface area contributed by atoms with E-state index in [0.717, 1.165) is 5.56 Å². The van der Waals surface area contributed by atoms with Crippen LogP contribution in [0.5, 0.6) is 0 Å². The first-order chi connectivity index (χ1) is 7.93. The van der Waals surface area contributed by atoms with Gasteiger partial charge in [-0.15, -0.1) is 0 Å². The van der Waals surface area contributed by atoms with E-state index >= 15 is 0 Å². The van der Waals surface area contributed by atoms with Crippen molar-refractivity contribution in [3.63, 3.8) is 0 Å². The molecular formula is C12H16IO3P. The molecule has 1 unspecified atom stereocenters. The monoisotopic (exact) mass is 366 g/mol. The van der Waals surface area contributed by atoms with E-state index in [0.29, 0.717) is 13.2 Å². The summed E-state index contributed by atoms with van der Waals surface area (Å²) in [6.45, 7) is 5.05. The SMILES string of the molecule is CC1(C)COP(=O)(C(I)c2ccccc2)OC1. The van der Waals surface area contributed by atoms with Gasteiger partial charge in [-0.1, -0.05) is 66.8 Å². The van der Waals surface area contributed by atoms with Gasteiger partial charge in [0.05, 0.1) is 13.2 Å². The molecule has 0 N–H and O–H groups in total. The Balaban J connectivity index is 2.15. The molecule has 1 aromatic rings. The van der Waals surface area contributed by atoms with Crippen molar-refractivity contribution in [2.45, 2.75) is 17.5 Å². The quantitative estimate of drug-likeness (QED) is 0.443. The molecule has 17 heavy (non-hydrogen) atoms. The van der Waals surface area contributed by atoms with Crippen LogP contribution in [0.2, 0.25) is 0 Å². The van der Waals surface area contributed by atoms with E-state index in [1.54, 1.807) is 0 Å². The number of rotatable bonds is 2. The standard InChI is InChI=1S/C12H16IO3P/c1-12(2)8-15-17(14,16-9-12)11(13)10-6-4-3-5-7-10/h3-7,11H,8-9H2,1-2H3. The van der Waals surface area contributed by atoms with E-state index in [1.807, 2.05) is 44.2 Å².